The molecule has 0 aromatic carbocycles. The summed E-state index contributed by atoms with van der Waals surface area (Å²) in [5.74, 6) is 2.77. The second-order valence-corrected chi connectivity index (χ2v) is 6.55. The number of aromatic nitrogens is 2. The molecule has 116 valence electrons. The van der Waals surface area contributed by atoms with Crippen LogP contribution in [0.2, 0.25) is 0 Å². The Morgan fingerprint density at radius 1 is 1.29 bits per heavy atom. The predicted molar refractivity (Wildman–Crippen MR) is 79.1 cm³/mol. The van der Waals surface area contributed by atoms with Gasteiger partial charge in [0, 0.05) is 39.0 Å². The molecule has 0 N–H and O–H groups in total. The van der Waals surface area contributed by atoms with Gasteiger partial charge in [-0.25, -0.2) is 0 Å². The van der Waals surface area contributed by atoms with Crippen LogP contribution in [0.15, 0.2) is 4.52 Å². The summed E-state index contributed by atoms with van der Waals surface area (Å²) < 4.78 is 5.35. The Morgan fingerprint density at radius 2 is 1.95 bits per heavy atom. The summed E-state index contributed by atoms with van der Waals surface area (Å²) in [6.07, 6.45) is 4.27. The van der Waals surface area contributed by atoms with Gasteiger partial charge < -0.3 is 14.3 Å². The van der Waals surface area contributed by atoms with Crippen molar-refractivity contribution in [3.05, 3.63) is 5.89 Å². The molecule has 1 aliphatic heterocycles. The third kappa shape index (κ3) is 3.04. The Kier molecular flexibility index (Phi) is 3.87. The fourth-order valence-electron chi connectivity index (χ4n) is 3.01. The second-order valence-electron chi connectivity index (χ2n) is 6.55. The summed E-state index contributed by atoms with van der Waals surface area (Å²) in [6.45, 7) is 3.69. The van der Waals surface area contributed by atoms with Crippen LogP contribution in [-0.2, 0) is 4.79 Å². The van der Waals surface area contributed by atoms with Crippen LogP contribution in [0.25, 0.3) is 0 Å². The molecule has 1 unspecified atom stereocenters. The van der Waals surface area contributed by atoms with Gasteiger partial charge >= 0.3 is 0 Å². The fourth-order valence-corrected chi connectivity index (χ4v) is 3.01. The molecule has 0 spiro atoms. The van der Waals surface area contributed by atoms with Gasteiger partial charge in [-0.15, -0.1) is 0 Å². The highest BCUT2D eigenvalue weighted by molar-refractivity contribution is 5.79. The summed E-state index contributed by atoms with van der Waals surface area (Å²) in [4.78, 5) is 20.7. The first kappa shape index (κ1) is 14.4. The number of nitrogens with zero attached hydrogens (tertiary/aromatic N) is 4. The fraction of sp³-hybridized carbons (Fsp3) is 0.800. The van der Waals surface area contributed by atoms with E-state index < -0.39 is 0 Å². The first-order chi connectivity index (χ1) is 10.1. The Morgan fingerprint density at radius 3 is 2.48 bits per heavy atom. The van der Waals surface area contributed by atoms with Gasteiger partial charge in [0.15, 0.2) is 0 Å². The number of hydrogen-bond acceptors (Lipinski definition) is 5. The third-order valence-corrected chi connectivity index (χ3v) is 4.71. The van der Waals surface area contributed by atoms with E-state index in [0.29, 0.717) is 23.7 Å². The summed E-state index contributed by atoms with van der Waals surface area (Å²) in [7, 11) is 3.80. The quantitative estimate of drug-likeness (QED) is 0.848. The predicted octanol–water partition coefficient (Wildman–Crippen LogP) is 1.89. The van der Waals surface area contributed by atoms with E-state index >= 15 is 0 Å². The van der Waals surface area contributed by atoms with Gasteiger partial charge in [0.05, 0.1) is 0 Å². The zero-order chi connectivity index (χ0) is 15.0. The monoisotopic (exact) mass is 292 g/mol. The maximum atomic E-state index is 12.4. The maximum Gasteiger partial charge on any atom is 0.265 e. The van der Waals surface area contributed by atoms with Crippen LogP contribution in [0.5, 0.6) is 0 Å². The number of amides is 1. The first-order valence-corrected chi connectivity index (χ1v) is 7.86. The van der Waals surface area contributed by atoms with Gasteiger partial charge in [0.1, 0.15) is 0 Å². The van der Waals surface area contributed by atoms with Gasteiger partial charge in [0.25, 0.3) is 5.95 Å². The molecule has 1 saturated heterocycles. The highest BCUT2D eigenvalue weighted by Gasteiger charge is 2.36. The zero-order valence-corrected chi connectivity index (χ0v) is 13.1. The van der Waals surface area contributed by atoms with Crippen molar-refractivity contribution in [3.63, 3.8) is 0 Å². The zero-order valence-electron chi connectivity index (χ0n) is 13.1. The highest BCUT2D eigenvalue weighted by atomic mass is 16.5. The molecule has 2 heterocycles. The molecule has 1 saturated carbocycles. The molecule has 1 aromatic heterocycles. The summed E-state index contributed by atoms with van der Waals surface area (Å²) in [5, 5.41) is 3.96. The molecule has 1 aromatic rings. The third-order valence-electron chi connectivity index (χ3n) is 4.71. The lowest BCUT2D eigenvalue weighted by molar-refractivity contribution is -0.136. The number of carbonyl (C=O) groups is 1. The van der Waals surface area contributed by atoms with Crippen molar-refractivity contribution in [1.29, 1.82) is 0 Å². The number of hydrogen-bond donors (Lipinski definition) is 0. The van der Waals surface area contributed by atoms with E-state index in [4.69, 9.17) is 4.52 Å². The van der Waals surface area contributed by atoms with Crippen LogP contribution < -0.4 is 4.90 Å². The van der Waals surface area contributed by atoms with Crippen LogP contribution in [0.4, 0.5) is 5.95 Å². The second kappa shape index (κ2) is 5.66. The van der Waals surface area contributed by atoms with Gasteiger partial charge in [-0.3, -0.25) is 4.79 Å². The van der Waals surface area contributed by atoms with Crippen molar-refractivity contribution in [2.45, 2.75) is 38.5 Å². The minimum absolute atomic E-state index is 0.199. The molecule has 1 aliphatic carbocycles. The molecule has 0 radical (unpaired) electrons. The smallest absolute Gasteiger partial charge is 0.265 e. The number of rotatable bonds is 4. The van der Waals surface area contributed by atoms with E-state index in [1.807, 2.05) is 23.9 Å². The minimum Gasteiger partial charge on any atom is -0.344 e. The van der Waals surface area contributed by atoms with E-state index in [1.165, 1.54) is 12.8 Å². The molecular weight excluding hydrogens is 268 g/mol. The van der Waals surface area contributed by atoms with Crippen LogP contribution in [0.3, 0.4) is 0 Å². The van der Waals surface area contributed by atoms with E-state index in [9.17, 15) is 4.79 Å². The maximum absolute atomic E-state index is 12.4. The SMILES string of the molecule is CC(C(=O)N1CCC(c2nc(N(C)C)no2)CC1)C1CC1. The largest absolute Gasteiger partial charge is 0.344 e. The lowest BCUT2D eigenvalue weighted by atomic mass is 9.95. The normalized spacial score (nSPS) is 21.4. The van der Waals surface area contributed by atoms with E-state index in [0.717, 1.165) is 25.9 Å². The van der Waals surface area contributed by atoms with Crippen molar-refractivity contribution in [3.8, 4) is 0 Å². The lowest BCUT2D eigenvalue weighted by Gasteiger charge is -2.32. The molecule has 2 fully saturated rings. The summed E-state index contributed by atoms with van der Waals surface area (Å²) >= 11 is 0. The Bertz CT molecular complexity index is 502. The topological polar surface area (TPSA) is 62.5 Å². The standard InChI is InChI=1S/C15H24N4O2/c1-10(11-4-5-11)14(20)19-8-6-12(7-9-19)13-16-15(17-21-13)18(2)3/h10-12H,4-9H2,1-3H3. The van der Waals surface area contributed by atoms with E-state index in [2.05, 4.69) is 17.1 Å². The van der Waals surface area contributed by atoms with Gasteiger partial charge in [-0.2, -0.15) is 4.98 Å². The average molecular weight is 292 g/mol. The van der Waals surface area contributed by atoms with Gasteiger partial charge in [-0.1, -0.05) is 6.92 Å². The lowest BCUT2D eigenvalue weighted by Crippen LogP contribution is -2.41. The average Bonchev–Trinajstić information content (AvgIpc) is 3.22. The molecule has 21 heavy (non-hydrogen) atoms. The molecule has 0 bridgehead atoms. The van der Waals surface area contributed by atoms with Crippen LogP contribution >= 0.6 is 0 Å². The van der Waals surface area contributed by atoms with Gasteiger partial charge in [-0.05, 0) is 36.8 Å². The van der Waals surface area contributed by atoms with Gasteiger partial charge in [0.2, 0.25) is 11.8 Å². The van der Waals surface area contributed by atoms with Crippen molar-refractivity contribution in [2.24, 2.45) is 11.8 Å². The number of anilines is 1. The number of piperidine rings is 1. The van der Waals surface area contributed by atoms with E-state index in [-0.39, 0.29) is 11.8 Å². The number of carbonyl (C=O) groups excluding carboxylic acids is 1. The number of likely N-dealkylation sites (tertiary alicyclic amines) is 1. The van der Waals surface area contributed by atoms with Crippen LogP contribution in [-0.4, -0.2) is 48.1 Å². The van der Waals surface area contributed by atoms with E-state index in [1.54, 1.807) is 0 Å². The summed E-state index contributed by atoms with van der Waals surface area (Å²) in [6, 6.07) is 0. The Labute approximate surface area is 125 Å². The molecular formula is C15H24N4O2. The van der Waals surface area contributed by atoms with Crippen molar-refractivity contribution < 1.29 is 9.32 Å². The highest BCUT2D eigenvalue weighted by Crippen LogP contribution is 2.38. The molecule has 6 nitrogen and oxygen atoms in total. The van der Waals surface area contributed by atoms with Crippen LogP contribution in [0, 0.1) is 11.8 Å². The molecule has 1 atom stereocenters. The molecule has 3 rings (SSSR count). The molecule has 2 aliphatic rings. The summed E-state index contributed by atoms with van der Waals surface area (Å²) in [5.41, 5.74) is 0. The van der Waals surface area contributed by atoms with Crippen molar-refractivity contribution in [1.82, 2.24) is 15.0 Å². The minimum atomic E-state index is 0.199. The molecule has 6 heteroatoms. The van der Waals surface area contributed by atoms with Crippen molar-refractivity contribution >= 4 is 11.9 Å². The Balaban J connectivity index is 1.55. The first-order valence-electron chi connectivity index (χ1n) is 7.86. The molecule has 1 amide bonds. The van der Waals surface area contributed by atoms with Crippen LogP contribution in [0.1, 0.15) is 44.4 Å². The van der Waals surface area contributed by atoms with Crippen molar-refractivity contribution in [2.75, 3.05) is 32.1 Å². The Hall–Kier alpha value is -1.59.